The molecule has 2 rings (SSSR count). The molecule has 2 aromatic carbocycles. The summed E-state index contributed by atoms with van der Waals surface area (Å²) < 4.78 is 55.4. The highest BCUT2D eigenvalue weighted by Gasteiger charge is 2.16. The summed E-state index contributed by atoms with van der Waals surface area (Å²) in [6, 6.07) is 7.17. The van der Waals surface area contributed by atoms with Crippen LogP contribution in [0.25, 0.3) is 0 Å². The molecule has 0 saturated carbocycles. The molecule has 0 bridgehead atoms. The van der Waals surface area contributed by atoms with Gasteiger partial charge in [0, 0.05) is 5.69 Å². The average Bonchev–Trinajstić information content (AvgIpc) is 2.44. The number of rotatable bonds is 4. The molecule has 0 radical (unpaired) electrons. The minimum atomic E-state index is -3.10. The molecule has 0 saturated heterocycles. The van der Waals surface area contributed by atoms with Crippen molar-refractivity contribution in [2.24, 2.45) is 0 Å². The molecule has 0 spiro atoms. The highest BCUT2D eigenvalue weighted by Crippen LogP contribution is 2.24. The van der Waals surface area contributed by atoms with E-state index in [4.69, 9.17) is 0 Å². The zero-order chi connectivity index (χ0) is 16.3. The van der Waals surface area contributed by atoms with Gasteiger partial charge in [0.05, 0.1) is 9.13 Å². The van der Waals surface area contributed by atoms with Crippen molar-refractivity contribution in [3.05, 3.63) is 57.2 Å². The Kier molecular flexibility index (Phi) is 5.22. The first kappa shape index (κ1) is 16.5. The van der Waals surface area contributed by atoms with Crippen molar-refractivity contribution in [1.82, 2.24) is 0 Å². The molecule has 3 nitrogen and oxygen atoms in total. The first-order chi connectivity index (χ1) is 10.4. The molecule has 0 fully saturated rings. The maximum Gasteiger partial charge on any atom is 0.387 e. The van der Waals surface area contributed by atoms with Crippen LogP contribution in [0.3, 0.4) is 0 Å². The number of anilines is 1. The van der Waals surface area contributed by atoms with Crippen LogP contribution in [-0.4, -0.2) is 12.5 Å². The van der Waals surface area contributed by atoms with Crippen molar-refractivity contribution in [3.63, 3.8) is 0 Å². The molecule has 0 aliphatic heterocycles. The smallest absolute Gasteiger partial charge is 0.387 e. The Labute approximate surface area is 136 Å². The number of halogens is 5. The van der Waals surface area contributed by atoms with E-state index in [2.05, 4.69) is 10.1 Å². The number of benzene rings is 2. The third-order valence-electron chi connectivity index (χ3n) is 2.59. The standard InChI is InChI=1S/C14H8F4INO2/c15-9-5-7(6-10(16)12(9)19)20-13(21)8-3-1-2-4-11(8)22-14(17)18/h1-6,14H,(H,20,21). The van der Waals surface area contributed by atoms with Crippen molar-refractivity contribution in [2.45, 2.75) is 6.61 Å². The summed E-state index contributed by atoms with van der Waals surface area (Å²) >= 11 is 1.48. The summed E-state index contributed by atoms with van der Waals surface area (Å²) in [4.78, 5) is 12.0. The van der Waals surface area contributed by atoms with Gasteiger partial charge in [-0.3, -0.25) is 4.79 Å². The molecule has 2 aromatic rings. The van der Waals surface area contributed by atoms with Gasteiger partial charge in [-0.05, 0) is 46.9 Å². The highest BCUT2D eigenvalue weighted by atomic mass is 127. The predicted octanol–water partition coefficient (Wildman–Crippen LogP) is 4.42. The number of amides is 1. The number of hydrogen-bond acceptors (Lipinski definition) is 2. The monoisotopic (exact) mass is 425 g/mol. The van der Waals surface area contributed by atoms with Gasteiger partial charge >= 0.3 is 6.61 Å². The lowest BCUT2D eigenvalue weighted by Crippen LogP contribution is -2.15. The molecule has 22 heavy (non-hydrogen) atoms. The fourth-order valence-electron chi connectivity index (χ4n) is 1.68. The lowest BCUT2D eigenvalue weighted by atomic mass is 10.2. The lowest BCUT2D eigenvalue weighted by molar-refractivity contribution is -0.0501. The molecule has 0 heterocycles. The second-order valence-electron chi connectivity index (χ2n) is 4.08. The maximum atomic E-state index is 13.4. The summed E-state index contributed by atoms with van der Waals surface area (Å²) in [5.74, 6) is -2.83. The Morgan fingerprint density at radius 2 is 1.73 bits per heavy atom. The normalized spacial score (nSPS) is 10.6. The Bertz CT molecular complexity index is 686. The van der Waals surface area contributed by atoms with Gasteiger partial charge in [0.1, 0.15) is 17.4 Å². The number of ether oxygens (including phenoxy) is 1. The quantitative estimate of drug-likeness (QED) is 0.448. The number of carbonyl (C=O) groups excluding carboxylic acids is 1. The summed E-state index contributed by atoms with van der Waals surface area (Å²) in [6.45, 7) is -3.10. The van der Waals surface area contributed by atoms with E-state index in [0.717, 1.165) is 12.1 Å². The summed E-state index contributed by atoms with van der Waals surface area (Å²) in [5.41, 5.74) is -0.311. The first-order valence-corrected chi connectivity index (χ1v) is 6.96. The maximum absolute atomic E-state index is 13.4. The number of para-hydroxylation sites is 1. The molecule has 1 N–H and O–H groups in total. The van der Waals surface area contributed by atoms with Gasteiger partial charge in [0.25, 0.3) is 5.91 Å². The lowest BCUT2D eigenvalue weighted by Gasteiger charge is -2.11. The van der Waals surface area contributed by atoms with E-state index in [1.165, 1.54) is 46.9 Å². The molecular formula is C14H8F4INO2. The second-order valence-corrected chi connectivity index (χ2v) is 5.16. The summed E-state index contributed by atoms with van der Waals surface area (Å²) in [7, 11) is 0. The minimum absolute atomic E-state index is 0.132. The minimum Gasteiger partial charge on any atom is -0.434 e. The predicted molar refractivity (Wildman–Crippen MR) is 80.1 cm³/mol. The third kappa shape index (κ3) is 3.87. The Morgan fingerprint density at radius 3 is 2.32 bits per heavy atom. The topological polar surface area (TPSA) is 38.3 Å². The van der Waals surface area contributed by atoms with E-state index in [9.17, 15) is 22.4 Å². The van der Waals surface area contributed by atoms with E-state index in [0.29, 0.717) is 0 Å². The number of hydrogen-bond donors (Lipinski definition) is 1. The van der Waals surface area contributed by atoms with Crippen LogP contribution in [0.1, 0.15) is 10.4 Å². The van der Waals surface area contributed by atoms with Crippen molar-refractivity contribution in [1.29, 1.82) is 0 Å². The molecule has 8 heteroatoms. The van der Waals surface area contributed by atoms with Gasteiger partial charge in [-0.25, -0.2) is 8.78 Å². The molecule has 0 unspecified atom stereocenters. The van der Waals surface area contributed by atoms with Gasteiger partial charge in [-0.15, -0.1) is 0 Å². The van der Waals surface area contributed by atoms with Crippen molar-refractivity contribution in [2.75, 3.05) is 5.32 Å². The van der Waals surface area contributed by atoms with Crippen LogP contribution in [0.2, 0.25) is 0 Å². The molecule has 1 amide bonds. The average molecular weight is 425 g/mol. The van der Waals surface area contributed by atoms with Crippen LogP contribution in [0.4, 0.5) is 23.2 Å². The van der Waals surface area contributed by atoms with E-state index in [1.807, 2.05) is 0 Å². The summed E-state index contributed by atoms with van der Waals surface area (Å²) in [6.07, 6.45) is 0. The molecule has 116 valence electrons. The Hall–Kier alpha value is -1.84. The Balaban J connectivity index is 2.26. The van der Waals surface area contributed by atoms with Gasteiger partial charge in [0.2, 0.25) is 0 Å². The van der Waals surface area contributed by atoms with Crippen LogP contribution in [-0.2, 0) is 0 Å². The highest BCUT2D eigenvalue weighted by molar-refractivity contribution is 14.1. The van der Waals surface area contributed by atoms with E-state index in [1.54, 1.807) is 0 Å². The van der Waals surface area contributed by atoms with Crippen LogP contribution in [0.5, 0.6) is 5.75 Å². The van der Waals surface area contributed by atoms with E-state index >= 15 is 0 Å². The zero-order valence-electron chi connectivity index (χ0n) is 10.7. The van der Waals surface area contributed by atoms with Crippen LogP contribution < -0.4 is 10.1 Å². The van der Waals surface area contributed by atoms with Crippen LogP contribution in [0.15, 0.2) is 36.4 Å². The number of alkyl halides is 2. The largest absolute Gasteiger partial charge is 0.434 e. The molecular weight excluding hydrogens is 417 g/mol. The second kappa shape index (κ2) is 6.95. The van der Waals surface area contributed by atoms with E-state index in [-0.39, 0.29) is 20.6 Å². The fraction of sp³-hybridized carbons (Fsp3) is 0.0714. The van der Waals surface area contributed by atoms with Crippen molar-refractivity contribution in [3.8, 4) is 5.75 Å². The van der Waals surface area contributed by atoms with Gasteiger partial charge in [0.15, 0.2) is 0 Å². The molecule has 0 aliphatic rings. The third-order valence-corrected chi connectivity index (χ3v) is 3.62. The van der Waals surface area contributed by atoms with Gasteiger partial charge in [-0.1, -0.05) is 12.1 Å². The molecule has 0 aromatic heterocycles. The fourth-order valence-corrected chi connectivity index (χ4v) is 1.99. The van der Waals surface area contributed by atoms with Crippen molar-refractivity contribution < 1.29 is 27.1 Å². The molecule has 0 atom stereocenters. The molecule has 0 aliphatic carbocycles. The summed E-state index contributed by atoms with van der Waals surface area (Å²) in [5, 5.41) is 2.23. The van der Waals surface area contributed by atoms with Crippen LogP contribution >= 0.6 is 22.6 Å². The van der Waals surface area contributed by atoms with Crippen LogP contribution in [0, 0.1) is 15.2 Å². The zero-order valence-corrected chi connectivity index (χ0v) is 12.9. The SMILES string of the molecule is O=C(Nc1cc(F)c(I)c(F)c1)c1ccccc1OC(F)F. The van der Waals surface area contributed by atoms with E-state index < -0.39 is 24.2 Å². The first-order valence-electron chi connectivity index (χ1n) is 5.88. The van der Waals surface area contributed by atoms with Gasteiger partial charge in [-0.2, -0.15) is 8.78 Å². The number of nitrogens with one attached hydrogen (secondary N) is 1. The Morgan fingerprint density at radius 1 is 1.14 bits per heavy atom. The van der Waals surface area contributed by atoms with Crippen molar-refractivity contribution >= 4 is 34.2 Å². The number of carbonyl (C=O) groups is 1. The van der Waals surface area contributed by atoms with Gasteiger partial charge < -0.3 is 10.1 Å².